The van der Waals surface area contributed by atoms with Crippen LogP contribution in [0.3, 0.4) is 0 Å². The third-order valence-corrected chi connectivity index (χ3v) is 15.1. The molecule has 4 aliphatic heterocycles. The minimum Gasteiger partial charge on any atom is -0.464 e. The van der Waals surface area contributed by atoms with Gasteiger partial charge in [-0.05, 0) is 145 Å². The second kappa shape index (κ2) is 22.3. The Hall–Kier alpha value is -6.78. The maximum absolute atomic E-state index is 13.6. The van der Waals surface area contributed by atoms with Crippen LogP contribution in [0.4, 0.5) is 41.9 Å². The van der Waals surface area contributed by atoms with Crippen LogP contribution in [0.15, 0.2) is 66.7 Å². The molecular weight excluding hydrogens is 1010 g/mol. The summed E-state index contributed by atoms with van der Waals surface area (Å²) in [5.41, 5.74) is 8.00. The molecule has 0 aliphatic carbocycles. The van der Waals surface area contributed by atoms with E-state index in [2.05, 4.69) is 64.3 Å². The summed E-state index contributed by atoms with van der Waals surface area (Å²) in [6.45, 7) is 41.7. The molecule has 0 spiro atoms. The highest BCUT2D eigenvalue weighted by molar-refractivity contribution is 6.04. The first kappa shape index (κ1) is 60.9. The van der Waals surface area contributed by atoms with Crippen LogP contribution in [0.5, 0.6) is 0 Å². The molecule has 2 saturated heterocycles. The number of benzene rings is 4. The van der Waals surface area contributed by atoms with E-state index in [0.29, 0.717) is 60.9 Å². The van der Waals surface area contributed by atoms with Gasteiger partial charge in [0, 0.05) is 87.4 Å². The Morgan fingerprint density at radius 3 is 1.34 bits per heavy atom. The number of ketones is 2. The van der Waals surface area contributed by atoms with E-state index in [1.807, 2.05) is 105 Å². The predicted molar refractivity (Wildman–Crippen MR) is 313 cm³/mol. The quantitative estimate of drug-likeness (QED) is 0.143. The van der Waals surface area contributed by atoms with Gasteiger partial charge in [0.1, 0.15) is 16.8 Å². The number of amides is 4. The molecule has 80 heavy (non-hydrogen) atoms. The fourth-order valence-electron chi connectivity index (χ4n) is 11.3. The third-order valence-electron chi connectivity index (χ3n) is 15.1. The largest absolute Gasteiger partial charge is 0.464 e. The van der Waals surface area contributed by atoms with E-state index in [1.54, 1.807) is 32.9 Å². The van der Waals surface area contributed by atoms with Crippen LogP contribution in [0, 0.1) is 0 Å². The van der Waals surface area contributed by atoms with E-state index in [4.69, 9.17) is 14.2 Å². The van der Waals surface area contributed by atoms with Crippen molar-refractivity contribution in [1.82, 2.24) is 19.6 Å². The zero-order valence-corrected chi connectivity index (χ0v) is 50.7. The molecule has 0 saturated carbocycles. The van der Waals surface area contributed by atoms with Gasteiger partial charge < -0.3 is 29.1 Å². The first-order valence-electron chi connectivity index (χ1n) is 28.0. The molecule has 16 heteroatoms. The van der Waals surface area contributed by atoms with E-state index in [-0.39, 0.29) is 29.2 Å². The number of Topliss-reactive ketones (excluding diaryl/α,β-unsaturated/α-hetero) is 2. The lowest BCUT2D eigenvalue weighted by Gasteiger charge is -2.44. The van der Waals surface area contributed by atoms with Crippen LogP contribution in [-0.4, -0.2) is 130 Å². The van der Waals surface area contributed by atoms with Gasteiger partial charge in [0.15, 0.2) is 11.6 Å². The van der Waals surface area contributed by atoms with Gasteiger partial charge in [0.05, 0.1) is 22.7 Å². The number of hydrogen-bond donors (Lipinski definition) is 1. The maximum Gasteiger partial charge on any atom is 0.419 e. The average Bonchev–Trinajstić information content (AvgIpc) is 3.50. The normalized spacial score (nSPS) is 17.2. The molecule has 4 aromatic rings. The zero-order chi connectivity index (χ0) is 59.4. The molecule has 0 unspecified atom stereocenters. The summed E-state index contributed by atoms with van der Waals surface area (Å²) in [5.74, 6) is -0.160. The topological polar surface area (TPSA) is 170 Å². The van der Waals surface area contributed by atoms with Gasteiger partial charge in [-0.2, -0.15) is 0 Å². The molecule has 4 aliphatic rings. The number of rotatable bonds is 6. The number of ether oxygens (including phenoxy) is 3. The van der Waals surface area contributed by atoms with Gasteiger partial charge in [-0.1, -0.05) is 90.9 Å². The van der Waals surface area contributed by atoms with Crippen molar-refractivity contribution in [3.8, 4) is 0 Å². The summed E-state index contributed by atoms with van der Waals surface area (Å²) in [4.78, 5) is 86.8. The smallest absolute Gasteiger partial charge is 0.419 e. The number of hydrogen-bond acceptors (Lipinski definition) is 11. The van der Waals surface area contributed by atoms with Crippen molar-refractivity contribution >= 4 is 58.7 Å². The number of anilines is 4. The zero-order valence-electron chi connectivity index (χ0n) is 50.7. The highest BCUT2D eigenvalue weighted by atomic mass is 16.6. The van der Waals surface area contributed by atoms with Gasteiger partial charge in [-0.15, -0.1) is 0 Å². The van der Waals surface area contributed by atoms with E-state index in [1.165, 1.54) is 18.7 Å². The summed E-state index contributed by atoms with van der Waals surface area (Å²) in [6.07, 6.45) is -2.10. The number of carbonyl (C=O) groups is 6. The summed E-state index contributed by atoms with van der Waals surface area (Å²) < 4.78 is 16.9. The molecule has 0 bridgehead atoms. The molecule has 0 atom stereocenters. The molecule has 4 amide bonds. The SMILES string of the molecule is CC(=O)c1ccc2c(c1)N(C(=O)O)c1ccc(CN3CCN(C(=O)OC(C)(C)C)CC3)c(C(C)(C)C)c1C2(C)C.CC(=O)c1ccc2c(c1)N(C(=O)OC(C)(C)C)c1ccc(CN3CCN(C(=O)OC(C)(C)C)CC3)cc1C2(C)C. The van der Waals surface area contributed by atoms with E-state index in [9.17, 15) is 33.9 Å². The number of carboxylic acid groups (broad SMARTS) is 1. The first-order chi connectivity index (χ1) is 36.9. The van der Waals surface area contributed by atoms with Crippen LogP contribution in [0.25, 0.3) is 0 Å². The Kier molecular flexibility index (Phi) is 16.9. The third kappa shape index (κ3) is 13.3. The Bertz CT molecular complexity index is 3060. The molecule has 16 nitrogen and oxygen atoms in total. The predicted octanol–water partition coefficient (Wildman–Crippen LogP) is 13.3. The first-order valence-corrected chi connectivity index (χ1v) is 28.0. The Labute approximate surface area is 474 Å². The van der Waals surface area contributed by atoms with Crippen molar-refractivity contribution < 1.29 is 48.1 Å². The molecule has 0 aromatic heterocycles. The van der Waals surface area contributed by atoms with Gasteiger partial charge in [0.25, 0.3) is 0 Å². The summed E-state index contributed by atoms with van der Waals surface area (Å²) in [7, 11) is 0. The highest BCUT2D eigenvalue weighted by Crippen LogP contribution is 2.54. The van der Waals surface area contributed by atoms with Crippen LogP contribution >= 0.6 is 0 Å². The minimum absolute atomic E-state index is 0.0577. The Morgan fingerprint density at radius 1 is 0.475 bits per heavy atom. The van der Waals surface area contributed by atoms with Crippen molar-refractivity contribution in [2.45, 2.75) is 171 Å². The van der Waals surface area contributed by atoms with Crippen molar-refractivity contribution in [2.75, 3.05) is 62.2 Å². The highest BCUT2D eigenvalue weighted by Gasteiger charge is 2.44. The summed E-state index contributed by atoms with van der Waals surface area (Å²) >= 11 is 0. The van der Waals surface area contributed by atoms with Crippen molar-refractivity contribution in [2.24, 2.45) is 0 Å². The van der Waals surface area contributed by atoms with Crippen LogP contribution in [0.1, 0.15) is 184 Å². The van der Waals surface area contributed by atoms with Crippen LogP contribution in [-0.2, 0) is 43.5 Å². The van der Waals surface area contributed by atoms with Crippen LogP contribution < -0.4 is 9.80 Å². The molecule has 4 aromatic carbocycles. The monoisotopic (exact) mass is 1100 g/mol. The van der Waals surface area contributed by atoms with Crippen molar-refractivity contribution in [1.29, 1.82) is 0 Å². The van der Waals surface area contributed by atoms with E-state index >= 15 is 0 Å². The molecule has 1 N–H and O–H groups in total. The fraction of sp³-hybridized carbons (Fsp3) is 0.531. The van der Waals surface area contributed by atoms with E-state index < -0.39 is 39.8 Å². The lowest BCUT2D eigenvalue weighted by atomic mass is 9.66. The molecule has 4 heterocycles. The van der Waals surface area contributed by atoms with Gasteiger partial charge in [-0.3, -0.25) is 19.4 Å². The van der Waals surface area contributed by atoms with Gasteiger partial charge in [0.2, 0.25) is 0 Å². The van der Waals surface area contributed by atoms with Crippen molar-refractivity contribution in [3.63, 3.8) is 0 Å². The fourth-order valence-corrected chi connectivity index (χ4v) is 11.3. The van der Waals surface area contributed by atoms with E-state index in [0.717, 1.165) is 77.4 Å². The molecule has 2 fully saturated rings. The number of fused-ring (bicyclic) bond motifs is 4. The molecule has 8 rings (SSSR count). The minimum atomic E-state index is -1.08. The number of carbonyl (C=O) groups excluding carboxylic acids is 5. The number of nitrogens with zero attached hydrogens (tertiary/aromatic N) is 6. The Morgan fingerprint density at radius 2 is 0.900 bits per heavy atom. The number of piperazine rings is 2. The summed E-state index contributed by atoms with van der Waals surface area (Å²) in [5, 5.41) is 10.4. The van der Waals surface area contributed by atoms with Gasteiger partial charge >= 0.3 is 24.4 Å². The molecule has 0 radical (unpaired) electrons. The standard InChI is InChI=1S/2C32H43N3O5/c1-21(36)23-11-12-24-27(19-23)35(29(38)40-31(5,6)7)26-13-10-22(18-25(26)32(24,8)9)20-33-14-16-34(17-15-33)28(37)39-30(2,3)4;1-20(36)21-10-12-23-25(18-21)35(28(37)38)24-13-11-22(26(30(2,3)4)27(24)32(23,8)9)19-33-14-16-34(17-15-33)29(39)40-31(5,6)7/h10-13,18-19H,14-17,20H2,1-9H3;10-13,18H,14-17,19H2,1-9H3,(H,37,38). The van der Waals surface area contributed by atoms with Crippen LogP contribution in [0.2, 0.25) is 0 Å². The molecule has 432 valence electrons. The second-order valence-corrected chi connectivity index (χ2v) is 26.8. The van der Waals surface area contributed by atoms with Gasteiger partial charge in [-0.25, -0.2) is 29.0 Å². The summed E-state index contributed by atoms with van der Waals surface area (Å²) in [6, 6.07) is 21.1. The average molecular weight is 1100 g/mol. The van der Waals surface area contributed by atoms with Crippen molar-refractivity contribution in [3.05, 3.63) is 117 Å². The lowest BCUT2D eigenvalue weighted by molar-refractivity contribution is 0.0129. The Balaban J connectivity index is 0.000000231. The second-order valence-electron chi connectivity index (χ2n) is 26.8. The maximum atomic E-state index is 13.6. The molecular formula is C64H86N6O10. The lowest BCUT2D eigenvalue weighted by Crippen LogP contribution is -2.49.